The van der Waals surface area contributed by atoms with Gasteiger partial charge in [0, 0.05) is 29.3 Å². The summed E-state index contributed by atoms with van der Waals surface area (Å²) in [5.74, 6) is 1.04. The largest absolute Gasteiger partial charge is 0.342 e. The van der Waals surface area contributed by atoms with Crippen LogP contribution in [-0.4, -0.2) is 32.5 Å². The molecule has 2 rings (SSSR count). The highest BCUT2D eigenvalue weighted by molar-refractivity contribution is 9.10. The van der Waals surface area contributed by atoms with Gasteiger partial charge in [-0.05, 0) is 22.6 Å². The number of hydrogen-bond donors (Lipinski definition) is 1. The minimum Gasteiger partial charge on any atom is -0.342 e. The van der Waals surface area contributed by atoms with Gasteiger partial charge in [-0.15, -0.1) is 5.10 Å². The fraction of sp³-hybridized carbons (Fsp3) is 0.417. The number of hydrogen-bond acceptors (Lipinski definition) is 4. The standard InChI is InChI=1S/C12H16BrN5S/c1-18-12(15-16-17-18)19-7-3-6-14-9-10-4-2-5-11(13)8-10/h2,4-5,8,14H,3,6-7,9H2,1H3/p+1. The van der Waals surface area contributed by atoms with Crippen molar-refractivity contribution in [2.75, 3.05) is 12.3 Å². The highest BCUT2D eigenvalue weighted by Crippen LogP contribution is 2.12. The van der Waals surface area contributed by atoms with E-state index in [1.807, 2.05) is 7.05 Å². The molecule has 0 aliphatic rings. The van der Waals surface area contributed by atoms with E-state index in [-0.39, 0.29) is 0 Å². The molecule has 0 saturated carbocycles. The maximum absolute atomic E-state index is 3.94. The molecule has 0 saturated heterocycles. The molecule has 0 fully saturated rings. The van der Waals surface area contributed by atoms with Crippen molar-refractivity contribution in [2.45, 2.75) is 18.1 Å². The zero-order valence-corrected chi connectivity index (χ0v) is 13.2. The number of nitrogens with zero attached hydrogens (tertiary/aromatic N) is 4. The second-order valence-electron chi connectivity index (χ2n) is 4.20. The Morgan fingerprint density at radius 1 is 1.42 bits per heavy atom. The van der Waals surface area contributed by atoms with E-state index in [1.54, 1.807) is 16.4 Å². The Labute approximate surface area is 125 Å². The van der Waals surface area contributed by atoms with Gasteiger partial charge in [-0.3, -0.25) is 0 Å². The van der Waals surface area contributed by atoms with Crippen molar-refractivity contribution < 1.29 is 5.32 Å². The third kappa shape index (κ3) is 4.93. The molecule has 0 amide bonds. The molecule has 0 bridgehead atoms. The van der Waals surface area contributed by atoms with Crippen molar-refractivity contribution in [1.29, 1.82) is 0 Å². The van der Waals surface area contributed by atoms with Gasteiger partial charge >= 0.3 is 0 Å². The number of nitrogens with two attached hydrogens (primary N) is 1. The summed E-state index contributed by atoms with van der Waals surface area (Å²) in [7, 11) is 1.86. The molecule has 1 heterocycles. The second kappa shape index (κ2) is 7.62. The molecule has 0 spiro atoms. The Morgan fingerprint density at radius 3 is 3.05 bits per heavy atom. The second-order valence-corrected chi connectivity index (χ2v) is 6.18. The first-order valence-electron chi connectivity index (χ1n) is 6.17. The molecule has 7 heteroatoms. The van der Waals surface area contributed by atoms with E-state index in [4.69, 9.17) is 0 Å². The zero-order chi connectivity index (χ0) is 13.5. The van der Waals surface area contributed by atoms with Gasteiger partial charge < -0.3 is 5.32 Å². The van der Waals surface area contributed by atoms with Crippen molar-refractivity contribution in [3.63, 3.8) is 0 Å². The van der Waals surface area contributed by atoms with Gasteiger partial charge in [0.2, 0.25) is 5.16 Å². The number of benzene rings is 1. The highest BCUT2D eigenvalue weighted by Gasteiger charge is 2.02. The molecule has 5 nitrogen and oxygen atoms in total. The van der Waals surface area contributed by atoms with E-state index in [0.29, 0.717) is 0 Å². The molecule has 0 aliphatic carbocycles. The van der Waals surface area contributed by atoms with Crippen LogP contribution in [0.2, 0.25) is 0 Å². The Bertz CT molecular complexity index is 516. The molecule has 0 unspecified atom stereocenters. The van der Waals surface area contributed by atoms with Crippen molar-refractivity contribution in [3.8, 4) is 0 Å². The van der Waals surface area contributed by atoms with E-state index in [1.165, 1.54) is 5.56 Å². The SMILES string of the molecule is Cn1nnnc1SCCC[NH2+]Cc1cccc(Br)c1. The van der Waals surface area contributed by atoms with E-state index >= 15 is 0 Å². The molecule has 1 aromatic carbocycles. The Kier molecular flexibility index (Phi) is 5.81. The van der Waals surface area contributed by atoms with Gasteiger partial charge in [0.25, 0.3) is 0 Å². The van der Waals surface area contributed by atoms with Gasteiger partial charge in [-0.25, -0.2) is 4.68 Å². The molecule has 19 heavy (non-hydrogen) atoms. The molecule has 102 valence electrons. The van der Waals surface area contributed by atoms with Crippen LogP contribution in [0.15, 0.2) is 33.9 Å². The van der Waals surface area contributed by atoms with E-state index < -0.39 is 0 Å². The molecule has 0 aliphatic heterocycles. The summed E-state index contributed by atoms with van der Waals surface area (Å²) >= 11 is 5.19. The first-order chi connectivity index (χ1) is 9.25. The highest BCUT2D eigenvalue weighted by atomic mass is 79.9. The summed E-state index contributed by atoms with van der Waals surface area (Å²) in [5, 5.41) is 14.6. The van der Waals surface area contributed by atoms with Crippen molar-refractivity contribution in [3.05, 3.63) is 34.3 Å². The number of halogens is 1. The smallest absolute Gasteiger partial charge is 0.209 e. The lowest BCUT2D eigenvalue weighted by Crippen LogP contribution is -2.82. The van der Waals surface area contributed by atoms with Crippen molar-refractivity contribution in [2.24, 2.45) is 7.05 Å². The molecule has 0 atom stereocenters. The Hall–Kier alpha value is -0.920. The summed E-state index contributed by atoms with van der Waals surface area (Å²) in [6.07, 6.45) is 1.14. The van der Waals surface area contributed by atoms with Crippen LogP contribution in [0, 0.1) is 0 Å². The maximum Gasteiger partial charge on any atom is 0.209 e. The molecule has 1 aromatic heterocycles. The fourth-order valence-corrected chi connectivity index (χ4v) is 2.93. The topological polar surface area (TPSA) is 60.2 Å². The zero-order valence-electron chi connectivity index (χ0n) is 10.8. The van der Waals surface area contributed by atoms with E-state index in [9.17, 15) is 0 Å². The van der Waals surface area contributed by atoms with Crippen LogP contribution in [0.25, 0.3) is 0 Å². The van der Waals surface area contributed by atoms with Crippen LogP contribution in [-0.2, 0) is 13.6 Å². The normalized spacial score (nSPS) is 10.8. The summed E-state index contributed by atoms with van der Waals surface area (Å²) in [4.78, 5) is 0. The molecule has 2 aromatic rings. The van der Waals surface area contributed by atoms with Crippen LogP contribution < -0.4 is 5.32 Å². The summed E-state index contributed by atoms with van der Waals surface area (Å²) < 4.78 is 2.85. The van der Waals surface area contributed by atoms with E-state index in [0.717, 1.165) is 34.9 Å². The molecular weight excluding hydrogens is 326 g/mol. The third-order valence-electron chi connectivity index (χ3n) is 2.63. The van der Waals surface area contributed by atoms with E-state index in [2.05, 4.69) is 61.0 Å². The predicted molar refractivity (Wildman–Crippen MR) is 78.8 cm³/mol. The van der Waals surface area contributed by atoms with Gasteiger partial charge in [0.15, 0.2) is 0 Å². The Balaban J connectivity index is 1.59. The van der Waals surface area contributed by atoms with Gasteiger partial charge in [0.1, 0.15) is 6.54 Å². The summed E-state index contributed by atoms with van der Waals surface area (Å²) in [6.45, 7) is 2.14. The van der Waals surface area contributed by atoms with Gasteiger partial charge in [-0.2, -0.15) is 0 Å². The minimum absolute atomic E-state index is 0.881. The third-order valence-corrected chi connectivity index (χ3v) is 4.22. The molecule has 0 radical (unpaired) electrons. The number of tetrazole rings is 1. The van der Waals surface area contributed by atoms with Gasteiger partial charge in [0.05, 0.1) is 6.54 Å². The molecular formula is C12H17BrN5S+. The van der Waals surface area contributed by atoms with Crippen molar-refractivity contribution in [1.82, 2.24) is 20.2 Å². The lowest BCUT2D eigenvalue weighted by Gasteiger charge is -2.02. The number of aryl methyl sites for hydroxylation is 1. The average Bonchev–Trinajstić information content (AvgIpc) is 2.79. The number of aromatic nitrogens is 4. The van der Waals surface area contributed by atoms with Crippen LogP contribution in [0.4, 0.5) is 0 Å². The van der Waals surface area contributed by atoms with Crippen LogP contribution >= 0.6 is 27.7 Å². The number of thioether (sulfide) groups is 1. The number of quaternary nitrogens is 1. The Morgan fingerprint density at radius 2 is 2.32 bits per heavy atom. The van der Waals surface area contributed by atoms with Gasteiger partial charge in [-0.1, -0.05) is 39.8 Å². The van der Waals surface area contributed by atoms with Crippen LogP contribution in [0.5, 0.6) is 0 Å². The molecule has 2 N–H and O–H groups in total. The first kappa shape index (κ1) is 14.5. The lowest BCUT2D eigenvalue weighted by molar-refractivity contribution is -0.670. The summed E-state index contributed by atoms with van der Waals surface area (Å²) in [5.41, 5.74) is 1.35. The summed E-state index contributed by atoms with van der Waals surface area (Å²) in [6, 6.07) is 8.44. The lowest BCUT2D eigenvalue weighted by atomic mass is 10.2. The van der Waals surface area contributed by atoms with Crippen molar-refractivity contribution >= 4 is 27.7 Å². The maximum atomic E-state index is 3.94. The minimum atomic E-state index is 0.881. The quantitative estimate of drug-likeness (QED) is 0.607. The monoisotopic (exact) mass is 342 g/mol. The first-order valence-corrected chi connectivity index (χ1v) is 7.95. The predicted octanol–water partition coefficient (Wildman–Crippen LogP) is 1.22. The fourth-order valence-electron chi connectivity index (χ4n) is 1.67. The van der Waals surface area contributed by atoms with Crippen LogP contribution in [0.3, 0.4) is 0 Å². The van der Waals surface area contributed by atoms with Crippen LogP contribution in [0.1, 0.15) is 12.0 Å². The average molecular weight is 343 g/mol. The number of rotatable bonds is 7.